The van der Waals surface area contributed by atoms with Crippen molar-refractivity contribution < 1.29 is 9.59 Å². The molecule has 6 nitrogen and oxygen atoms in total. The van der Waals surface area contributed by atoms with Crippen LogP contribution in [-0.2, 0) is 16.0 Å². The molecule has 2 aromatic carbocycles. The summed E-state index contributed by atoms with van der Waals surface area (Å²) in [6.45, 7) is 7.99. The molecular formula is C22H28N4O2. The van der Waals surface area contributed by atoms with Crippen molar-refractivity contribution in [2.75, 3.05) is 48.8 Å². The summed E-state index contributed by atoms with van der Waals surface area (Å²) in [6.07, 6.45) is 0.784. The third-order valence-electron chi connectivity index (χ3n) is 5.18. The molecule has 1 aliphatic rings. The highest BCUT2D eigenvalue weighted by atomic mass is 16.2. The lowest BCUT2D eigenvalue weighted by molar-refractivity contribution is -0.133. The van der Waals surface area contributed by atoms with E-state index in [1.54, 1.807) is 0 Å². The van der Waals surface area contributed by atoms with Crippen molar-refractivity contribution in [2.45, 2.75) is 20.3 Å². The van der Waals surface area contributed by atoms with Crippen LogP contribution in [0.25, 0.3) is 0 Å². The fraction of sp³-hybridized carbons (Fsp3) is 0.364. The zero-order valence-electron chi connectivity index (χ0n) is 16.8. The molecule has 28 heavy (non-hydrogen) atoms. The van der Waals surface area contributed by atoms with Gasteiger partial charge in [-0.2, -0.15) is 0 Å². The van der Waals surface area contributed by atoms with Crippen LogP contribution in [0.2, 0.25) is 0 Å². The molecule has 3 rings (SSSR count). The van der Waals surface area contributed by atoms with E-state index in [4.69, 9.17) is 0 Å². The number of benzene rings is 2. The molecule has 1 heterocycles. The average molecular weight is 380 g/mol. The van der Waals surface area contributed by atoms with E-state index in [0.29, 0.717) is 5.69 Å². The largest absolute Gasteiger partial charge is 0.369 e. The third kappa shape index (κ3) is 4.70. The van der Waals surface area contributed by atoms with Gasteiger partial charge in [0.15, 0.2) is 0 Å². The van der Waals surface area contributed by atoms with Crippen molar-refractivity contribution in [2.24, 2.45) is 0 Å². The second-order valence-electron chi connectivity index (χ2n) is 7.21. The number of hydrogen-bond donors (Lipinski definition) is 2. The molecule has 0 radical (unpaired) electrons. The first kappa shape index (κ1) is 19.9. The number of carbonyl (C=O) groups excluding carboxylic acids is 2. The number of piperazine rings is 1. The van der Waals surface area contributed by atoms with E-state index in [9.17, 15) is 9.59 Å². The van der Waals surface area contributed by atoms with Gasteiger partial charge in [-0.25, -0.2) is 0 Å². The SMILES string of the molecule is CCc1cccc(C)c1NC(=O)C(=O)Nc1ccc(N2CCN(C)CC2)cc1. The molecule has 0 atom stereocenters. The summed E-state index contributed by atoms with van der Waals surface area (Å²) < 4.78 is 0. The van der Waals surface area contributed by atoms with Crippen molar-refractivity contribution in [1.29, 1.82) is 0 Å². The normalized spacial score (nSPS) is 14.6. The van der Waals surface area contributed by atoms with Crippen molar-refractivity contribution in [3.05, 3.63) is 53.6 Å². The van der Waals surface area contributed by atoms with Gasteiger partial charge in [-0.1, -0.05) is 25.1 Å². The zero-order chi connectivity index (χ0) is 20.1. The Morgan fingerprint density at radius 1 is 0.929 bits per heavy atom. The van der Waals surface area contributed by atoms with Crippen molar-refractivity contribution in [1.82, 2.24) is 4.90 Å². The number of rotatable bonds is 4. The minimum atomic E-state index is -0.669. The highest BCUT2D eigenvalue weighted by Crippen LogP contribution is 2.22. The number of anilines is 3. The molecule has 0 bridgehead atoms. The lowest BCUT2D eigenvalue weighted by atomic mass is 10.1. The number of nitrogens with one attached hydrogen (secondary N) is 2. The molecule has 0 saturated carbocycles. The maximum atomic E-state index is 12.3. The van der Waals surface area contributed by atoms with Crippen molar-refractivity contribution >= 4 is 28.9 Å². The first-order chi connectivity index (χ1) is 13.5. The van der Waals surface area contributed by atoms with E-state index >= 15 is 0 Å². The van der Waals surface area contributed by atoms with Crippen LogP contribution in [0.4, 0.5) is 17.1 Å². The fourth-order valence-electron chi connectivity index (χ4n) is 3.38. The van der Waals surface area contributed by atoms with Crippen LogP contribution in [0, 0.1) is 6.92 Å². The van der Waals surface area contributed by atoms with Gasteiger partial charge in [0.25, 0.3) is 0 Å². The second kappa shape index (κ2) is 8.89. The van der Waals surface area contributed by atoms with Gasteiger partial charge in [0.05, 0.1) is 0 Å². The molecule has 0 spiro atoms. The molecule has 1 saturated heterocycles. The van der Waals surface area contributed by atoms with Crippen LogP contribution in [0.1, 0.15) is 18.1 Å². The van der Waals surface area contributed by atoms with Crippen molar-refractivity contribution in [3.63, 3.8) is 0 Å². The van der Waals surface area contributed by atoms with Gasteiger partial charge in [0.1, 0.15) is 0 Å². The van der Waals surface area contributed by atoms with E-state index in [2.05, 4.69) is 27.5 Å². The molecule has 148 valence electrons. The summed E-state index contributed by atoms with van der Waals surface area (Å²) >= 11 is 0. The summed E-state index contributed by atoms with van der Waals surface area (Å²) in [5.74, 6) is -1.33. The van der Waals surface area contributed by atoms with Gasteiger partial charge >= 0.3 is 11.8 Å². The predicted octanol–water partition coefficient (Wildman–Crippen LogP) is 2.89. The zero-order valence-corrected chi connectivity index (χ0v) is 16.8. The molecule has 0 aliphatic carbocycles. The number of likely N-dealkylation sites (N-methyl/N-ethyl adjacent to an activating group) is 1. The number of nitrogens with zero attached hydrogens (tertiary/aromatic N) is 2. The molecule has 1 fully saturated rings. The fourth-order valence-corrected chi connectivity index (χ4v) is 3.38. The number of para-hydroxylation sites is 1. The van der Waals surface area contributed by atoms with Crippen LogP contribution >= 0.6 is 0 Å². The van der Waals surface area contributed by atoms with Gasteiger partial charge < -0.3 is 20.4 Å². The first-order valence-electron chi connectivity index (χ1n) is 9.72. The highest BCUT2D eigenvalue weighted by Gasteiger charge is 2.17. The maximum Gasteiger partial charge on any atom is 0.314 e. The third-order valence-corrected chi connectivity index (χ3v) is 5.18. The van der Waals surface area contributed by atoms with Crippen LogP contribution in [0.5, 0.6) is 0 Å². The smallest absolute Gasteiger partial charge is 0.314 e. The molecule has 6 heteroatoms. The van der Waals surface area contributed by atoms with Gasteiger partial charge in [-0.05, 0) is 55.8 Å². The Morgan fingerprint density at radius 3 is 2.21 bits per heavy atom. The van der Waals surface area contributed by atoms with Gasteiger partial charge in [-0.3, -0.25) is 9.59 Å². The summed E-state index contributed by atoms with van der Waals surface area (Å²) in [5.41, 5.74) is 4.41. The van der Waals surface area contributed by atoms with E-state index in [1.165, 1.54) is 0 Å². The molecule has 2 aromatic rings. The molecular weight excluding hydrogens is 352 g/mol. The molecule has 0 aromatic heterocycles. The van der Waals surface area contributed by atoms with Gasteiger partial charge in [-0.15, -0.1) is 0 Å². The minimum absolute atomic E-state index is 0.610. The topological polar surface area (TPSA) is 64.7 Å². The summed E-state index contributed by atoms with van der Waals surface area (Å²) in [5, 5.41) is 5.43. The highest BCUT2D eigenvalue weighted by molar-refractivity contribution is 6.43. The Balaban J connectivity index is 1.61. The first-order valence-corrected chi connectivity index (χ1v) is 9.72. The average Bonchev–Trinajstić information content (AvgIpc) is 2.70. The lowest BCUT2D eigenvalue weighted by Gasteiger charge is -2.34. The van der Waals surface area contributed by atoms with Crippen LogP contribution in [0.15, 0.2) is 42.5 Å². The molecule has 1 aliphatic heterocycles. The van der Waals surface area contributed by atoms with E-state index in [1.807, 2.05) is 56.3 Å². The summed E-state index contributed by atoms with van der Waals surface area (Å²) in [4.78, 5) is 29.3. The van der Waals surface area contributed by atoms with Crippen LogP contribution in [0.3, 0.4) is 0 Å². The molecule has 2 N–H and O–H groups in total. The van der Waals surface area contributed by atoms with E-state index in [0.717, 1.165) is 55.1 Å². The van der Waals surface area contributed by atoms with Gasteiger partial charge in [0, 0.05) is 43.2 Å². The number of amides is 2. The van der Waals surface area contributed by atoms with Crippen LogP contribution < -0.4 is 15.5 Å². The number of aryl methyl sites for hydroxylation is 2. The molecule has 2 amide bonds. The Labute approximate surface area is 166 Å². The van der Waals surface area contributed by atoms with Gasteiger partial charge in [0.2, 0.25) is 0 Å². The standard InChI is InChI=1S/C22H28N4O2/c1-4-17-7-5-6-16(2)20(17)24-22(28)21(27)23-18-8-10-19(11-9-18)26-14-12-25(3)13-15-26/h5-11H,4,12-15H2,1-3H3,(H,23,27)(H,24,28). The number of hydrogen-bond acceptors (Lipinski definition) is 4. The maximum absolute atomic E-state index is 12.3. The molecule has 0 unspecified atom stereocenters. The predicted molar refractivity (Wildman–Crippen MR) is 114 cm³/mol. The number of carbonyl (C=O) groups is 2. The summed E-state index contributed by atoms with van der Waals surface area (Å²) in [7, 11) is 2.13. The van der Waals surface area contributed by atoms with Crippen molar-refractivity contribution in [3.8, 4) is 0 Å². The Morgan fingerprint density at radius 2 is 1.57 bits per heavy atom. The monoisotopic (exact) mass is 380 g/mol. The Kier molecular flexibility index (Phi) is 6.31. The van der Waals surface area contributed by atoms with Crippen LogP contribution in [-0.4, -0.2) is 49.9 Å². The van der Waals surface area contributed by atoms with E-state index < -0.39 is 11.8 Å². The second-order valence-corrected chi connectivity index (χ2v) is 7.21. The van der Waals surface area contributed by atoms with E-state index in [-0.39, 0.29) is 0 Å². The minimum Gasteiger partial charge on any atom is -0.369 e. The lowest BCUT2D eigenvalue weighted by Crippen LogP contribution is -2.44. The Bertz CT molecular complexity index is 840. The Hall–Kier alpha value is -2.86. The summed E-state index contributed by atoms with van der Waals surface area (Å²) in [6, 6.07) is 13.5. The quantitative estimate of drug-likeness (QED) is 0.801.